The number of quaternary nitrogens is 1. The summed E-state index contributed by atoms with van der Waals surface area (Å²) < 4.78 is 503. The third kappa shape index (κ3) is 14.9. The molecule has 0 saturated carbocycles. The molecule has 40 heteroatoms. The van der Waals surface area contributed by atoms with E-state index in [-0.39, 0.29) is 53.8 Å². The summed E-state index contributed by atoms with van der Waals surface area (Å²) in [5.74, 6) is -116. The molecule has 12 rings (SSSR count). The smallest absolute Gasteiger partial charge is 0.418 e. The summed E-state index contributed by atoms with van der Waals surface area (Å²) in [7, 11) is 2.63. The Morgan fingerprint density at radius 1 is 0.298 bits per heavy atom. The van der Waals surface area contributed by atoms with Crippen LogP contribution in [0.4, 0.5) is 132 Å². The van der Waals surface area contributed by atoms with E-state index < -0.39 is 253 Å². The molecule has 4 saturated heterocycles. The molecule has 5 heterocycles. The standard InChI is InChI=1S/C48H14B2F30N3.4C4H8O.Na/c1-81(2)9-10-3-5-11(6-4-10)48-82(49(12-18(51)30(63)42(75)31(64)19(12)52,13-20(53)32(65)43(76)33(66)21(13)54)14-22(55)34(67)44(77)35(68)23(14)56)7-8-83(48)50(15-24(57)36(69)45(78)37(70)25(15)58,16-26(59)38(71)46(79)39(72)27(16)60)17-28(61)40(73)47(80)41(74)29(17)62;4*1-2-4-5-3-1;/h3-8H,9H2,1-2H3;4*1-4H2;/q-1;;;;;+1/p+1. The first-order chi connectivity index (χ1) is 48.6. The number of benzene rings is 7. The SMILES string of the molecule is C1CCOC1.C1CCOC1.C1CCOC1.C1CCOC1.C[NH+](C)Cc1ccc(-c2n([B-](c3c(F)c(F)c(F)c(F)c3F)(c3c(F)c(F)c(F)c(F)c3F)c3c(F)c(F)c(F)c(F)c3F)cc[n+]2[B-](c2c(F)c(F)c(F)c(F)c2F)(c2c(F)c(F)c(F)c(F)c2F)c2c(F)c(F)c(F)c(F)c2F)cc1.[Na+]. The zero-order chi connectivity index (χ0) is 76.3. The molecule has 4 aliphatic rings. The molecule has 8 aromatic rings. The van der Waals surface area contributed by atoms with Crippen LogP contribution in [-0.2, 0) is 25.5 Å². The van der Waals surface area contributed by atoms with E-state index in [4.69, 9.17) is 18.9 Å². The molecule has 0 atom stereocenters. The van der Waals surface area contributed by atoms with Gasteiger partial charge in [-0.2, -0.15) is 0 Å². The maximum absolute atomic E-state index is 17.1. The molecule has 0 radical (unpaired) electrons. The van der Waals surface area contributed by atoms with Gasteiger partial charge in [0.05, 0.1) is 32.1 Å². The van der Waals surface area contributed by atoms with Gasteiger partial charge in [0.1, 0.15) is 76.4 Å². The van der Waals surface area contributed by atoms with Crippen molar-refractivity contribution in [2.75, 3.05) is 67.0 Å². The molecule has 0 bridgehead atoms. The van der Waals surface area contributed by atoms with E-state index in [1.165, 1.54) is 65.5 Å². The maximum Gasteiger partial charge on any atom is 1.00 e. The summed E-state index contributed by atoms with van der Waals surface area (Å²) in [5, 5.41) is 0. The average Bonchev–Trinajstić information content (AvgIpc) is 1.26. The zero-order valence-corrected chi connectivity index (χ0v) is 55.5. The van der Waals surface area contributed by atoms with Gasteiger partial charge < -0.3 is 32.8 Å². The van der Waals surface area contributed by atoms with Crippen LogP contribution < -0.4 is 71.7 Å². The molecule has 7 aromatic carbocycles. The minimum absolute atomic E-state index is 0. The molecule has 4 aliphatic heterocycles. The molecule has 0 spiro atoms. The second kappa shape index (κ2) is 34.4. The Morgan fingerprint density at radius 2 is 0.490 bits per heavy atom. The van der Waals surface area contributed by atoms with Gasteiger partial charge in [-0.25, -0.2) is 132 Å². The van der Waals surface area contributed by atoms with E-state index in [9.17, 15) is 0 Å². The Labute approximate surface area is 590 Å². The van der Waals surface area contributed by atoms with Gasteiger partial charge in [0.2, 0.25) is 0 Å². The van der Waals surface area contributed by atoms with Crippen molar-refractivity contribution in [3.05, 3.63) is 217 Å². The van der Waals surface area contributed by atoms with E-state index in [0.29, 0.717) is 17.0 Å². The zero-order valence-electron chi connectivity index (χ0n) is 53.5. The van der Waals surface area contributed by atoms with Crippen LogP contribution in [0, 0.1) is 175 Å². The molecule has 0 unspecified atom stereocenters. The Bertz CT molecular complexity index is 3720. The van der Waals surface area contributed by atoms with Crippen molar-refractivity contribution < 1.29 is 190 Å². The van der Waals surface area contributed by atoms with Crippen LogP contribution in [0.2, 0.25) is 0 Å². The van der Waals surface area contributed by atoms with Crippen LogP contribution in [0.25, 0.3) is 11.4 Å². The predicted molar refractivity (Wildman–Crippen MR) is 304 cm³/mol. The third-order valence-corrected chi connectivity index (χ3v) is 16.8. The number of imidazole rings is 1. The van der Waals surface area contributed by atoms with Crippen LogP contribution in [-0.4, -0.2) is 84.0 Å². The largest absolute Gasteiger partial charge is 1.00 e. The van der Waals surface area contributed by atoms with E-state index >= 15 is 132 Å². The van der Waals surface area contributed by atoms with E-state index in [1.807, 2.05) is 0 Å². The maximum atomic E-state index is 17.1. The fourth-order valence-corrected chi connectivity index (χ4v) is 12.2. The van der Waals surface area contributed by atoms with Crippen molar-refractivity contribution in [2.24, 2.45) is 0 Å². The summed E-state index contributed by atoms with van der Waals surface area (Å²) in [6.45, 7) is 7.63. The predicted octanol–water partition coefficient (Wildman–Crippen LogP) is 8.48. The minimum Gasteiger partial charge on any atom is -0.418 e. The van der Waals surface area contributed by atoms with Crippen molar-refractivity contribution in [2.45, 2.75) is 57.9 Å². The van der Waals surface area contributed by atoms with Gasteiger partial charge in [-0.05, 0) is 63.5 Å². The topological polar surface area (TPSA) is 50.2 Å². The van der Waals surface area contributed by atoms with Gasteiger partial charge in [-0.3, -0.25) is 0 Å². The minimum atomic E-state index is -7.56. The number of ether oxygens (including phenoxy) is 4. The van der Waals surface area contributed by atoms with Crippen molar-refractivity contribution in [3.8, 4) is 11.4 Å². The average molecular weight is 1540 g/mol. The third-order valence-electron chi connectivity index (χ3n) is 16.8. The van der Waals surface area contributed by atoms with Crippen molar-refractivity contribution in [1.29, 1.82) is 0 Å². The number of rotatable bonds is 11. The van der Waals surface area contributed by atoms with Crippen molar-refractivity contribution in [1.82, 2.24) is 4.48 Å². The number of hydrogen-bond donors (Lipinski definition) is 1. The summed E-state index contributed by atoms with van der Waals surface area (Å²) in [5.41, 5.74) is -24.3. The van der Waals surface area contributed by atoms with E-state index in [1.54, 1.807) is 0 Å². The molecule has 7 nitrogen and oxygen atoms in total. The Balaban J connectivity index is 0.000000617. The second-order valence-corrected chi connectivity index (χ2v) is 23.3. The molecule has 104 heavy (non-hydrogen) atoms. The normalized spacial score (nSPS) is 14.4. The first kappa shape index (κ1) is 83.8. The number of aromatic nitrogens is 2. The monoisotopic (exact) mass is 1540 g/mol. The fraction of sp³-hybridized carbons (Fsp3) is 0.297. The fourth-order valence-electron chi connectivity index (χ4n) is 12.2. The van der Waals surface area contributed by atoms with Crippen LogP contribution in [0.3, 0.4) is 0 Å². The van der Waals surface area contributed by atoms with Gasteiger partial charge in [0.15, 0.2) is 111 Å². The second-order valence-electron chi connectivity index (χ2n) is 23.3. The van der Waals surface area contributed by atoms with Gasteiger partial charge in [0, 0.05) is 58.4 Å². The molecule has 1 aromatic heterocycles. The van der Waals surface area contributed by atoms with Crippen LogP contribution in [0.5, 0.6) is 0 Å². The summed E-state index contributed by atoms with van der Waals surface area (Å²) >= 11 is 0. The molecular weight excluding hydrogens is 1490 g/mol. The number of nitrogens with zero attached hydrogens (tertiary/aromatic N) is 2. The van der Waals surface area contributed by atoms with Crippen LogP contribution >= 0.6 is 0 Å². The molecule has 4 fully saturated rings. The molecule has 558 valence electrons. The Hall–Kier alpha value is -7.42. The van der Waals surface area contributed by atoms with Gasteiger partial charge in [-0.15, -0.1) is 0 Å². The summed E-state index contributed by atoms with van der Waals surface area (Å²) in [6.07, 6.45) is -6.73. The summed E-state index contributed by atoms with van der Waals surface area (Å²) in [6, 6.07) is 1.34. The van der Waals surface area contributed by atoms with E-state index in [2.05, 4.69) is 0 Å². The van der Waals surface area contributed by atoms with Crippen molar-refractivity contribution in [3.63, 3.8) is 0 Å². The Morgan fingerprint density at radius 3 is 0.673 bits per heavy atom. The van der Waals surface area contributed by atoms with Gasteiger partial charge in [-0.1, -0.05) is 44.9 Å². The number of hydrogen-bond acceptors (Lipinski definition) is 4. The number of halogens is 30. The number of nitrogens with one attached hydrogen (secondary N) is 1. The quantitative estimate of drug-likeness (QED) is 0.0612. The van der Waals surface area contributed by atoms with Gasteiger partial charge in [0.25, 0.3) is 12.6 Å². The molecular formula is C64H47B2F30N3NaO4+. The molecule has 0 aliphatic carbocycles. The first-order valence-electron chi connectivity index (χ1n) is 30.3. The van der Waals surface area contributed by atoms with Gasteiger partial charge >= 0.3 is 29.6 Å². The molecule has 0 amide bonds. The van der Waals surface area contributed by atoms with Crippen LogP contribution in [0.15, 0.2) is 36.7 Å². The Kier molecular flexibility index (Phi) is 27.8. The summed E-state index contributed by atoms with van der Waals surface area (Å²) in [4.78, 5) is 0.300. The van der Waals surface area contributed by atoms with E-state index in [0.717, 1.165) is 52.9 Å². The molecule has 1 N–H and O–H groups in total. The van der Waals surface area contributed by atoms with Crippen molar-refractivity contribution >= 4 is 45.3 Å². The van der Waals surface area contributed by atoms with Crippen LogP contribution in [0.1, 0.15) is 56.9 Å². The first-order valence-corrected chi connectivity index (χ1v) is 30.3.